The Labute approximate surface area is 96.5 Å². The van der Waals surface area contributed by atoms with Gasteiger partial charge in [0.1, 0.15) is 0 Å². The van der Waals surface area contributed by atoms with Crippen molar-refractivity contribution in [2.75, 3.05) is 0 Å². The van der Waals surface area contributed by atoms with E-state index in [-0.39, 0.29) is 9.99 Å². The number of nitrogens with zero attached hydrogens (tertiary/aromatic N) is 2. The summed E-state index contributed by atoms with van der Waals surface area (Å²) in [6.45, 7) is 0. The second-order valence-electron chi connectivity index (χ2n) is 2.55. The van der Waals surface area contributed by atoms with Crippen LogP contribution in [0.4, 0.5) is 15.8 Å². The molecule has 6 nitrogen and oxygen atoms in total. The van der Waals surface area contributed by atoms with Crippen molar-refractivity contribution < 1.29 is 14.2 Å². The van der Waals surface area contributed by atoms with E-state index in [1.165, 1.54) is 6.07 Å². The zero-order chi connectivity index (χ0) is 11.6. The van der Waals surface area contributed by atoms with Crippen LogP contribution in [-0.4, -0.2) is 9.85 Å². The van der Waals surface area contributed by atoms with Gasteiger partial charge in [-0.1, -0.05) is 22.6 Å². The summed E-state index contributed by atoms with van der Waals surface area (Å²) in [4.78, 5) is 18.9. The average molecular weight is 326 g/mol. The molecule has 0 aromatic heterocycles. The number of halogens is 2. The highest BCUT2D eigenvalue weighted by Gasteiger charge is 2.28. The van der Waals surface area contributed by atoms with Gasteiger partial charge in [-0.05, 0) is 6.07 Å². The van der Waals surface area contributed by atoms with Gasteiger partial charge < -0.3 is 0 Å². The first-order valence-corrected chi connectivity index (χ1v) is 5.17. The number of rotatable bonds is 3. The van der Waals surface area contributed by atoms with Gasteiger partial charge in [-0.25, -0.2) is 0 Å². The van der Waals surface area contributed by atoms with Gasteiger partial charge >= 0.3 is 11.4 Å². The van der Waals surface area contributed by atoms with Gasteiger partial charge in [0, 0.05) is 16.1 Å². The molecule has 8 heteroatoms. The van der Waals surface area contributed by atoms with E-state index in [9.17, 15) is 24.6 Å². The highest BCUT2D eigenvalue weighted by Crippen LogP contribution is 2.31. The Hall–Kier alpha value is -1.32. The highest BCUT2D eigenvalue weighted by molar-refractivity contribution is 14.1. The van der Waals surface area contributed by atoms with Crippen LogP contribution in [0.3, 0.4) is 0 Å². The summed E-state index contributed by atoms with van der Waals surface area (Å²) in [6, 6.07) is 2.11. The molecule has 0 aliphatic carbocycles. The van der Waals surface area contributed by atoms with Gasteiger partial charge in [0.2, 0.25) is 0 Å². The minimum Gasteiger partial charge on any atom is -0.258 e. The molecule has 0 unspecified atom stereocenters. The van der Waals surface area contributed by atoms with Crippen LogP contribution in [0.2, 0.25) is 0 Å². The molecule has 80 valence electrons. The Morgan fingerprint density at radius 3 is 2.27 bits per heavy atom. The maximum absolute atomic E-state index is 13.3. The van der Waals surface area contributed by atoms with Gasteiger partial charge in [-0.15, -0.1) is 0 Å². The summed E-state index contributed by atoms with van der Waals surface area (Å²) in [5, 5.41) is 20.9. The number of nitro benzene ring substituents is 2. The zero-order valence-corrected chi connectivity index (χ0v) is 9.30. The standard InChI is InChI=1S/C7H4FIN2O4/c8-6-5(10(12)13)2-1-4(3-9)7(6)11(14)15/h1-2H,3H2. The molecule has 0 amide bonds. The molecular weight excluding hydrogens is 322 g/mol. The molecule has 0 saturated heterocycles. The normalized spacial score (nSPS) is 10.0. The predicted octanol–water partition coefficient (Wildman–Crippen LogP) is 2.58. The number of benzene rings is 1. The number of hydrogen-bond donors (Lipinski definition) is 0. The van der Waals surface area contributed by atoms with Crippen molar-refractivity contribution in [2.45, 2.75) is 4.43 Å². The van der Waals surface area contributed by atoms with Crippen molar-refractivity contribution in [1.82, 2.24) is 0 Å². The number of alkyl halides is 1. The van der Waals surface area contributed by atoms with Crippen molar-refractivity contribution in [3.8, 4) is 0 Å². The fraction of sp³-hybridized carbons (Fsp3) is 0.143. The van der Waals surface area contributed by atoms with E-state index >= 15 is 0 Å². The predicted molar refractivity (Wildman–Crippen MR) is 57.4 cm³/mol. The Kier molecular flexibility index (Phi) is 3.50. The van der Waals surface area contributed by atoms with E-state index in [1.807, 2.05) is 22.6 Å². The molecule has 0 bridgehead atoms. The van der Waals surface area contributed by atoms with Crippen molar-refractivity contribution >= 4 is 34.0 Å². The lowest BCUT2D eigenvalue weighted by molar-refractivity contribution is -0.399. The van der Waals surface area contributed by atoms with E-state index in [2.05, 4.69) is 0 Å². The van der Waals surface area contributed by atoms with Crippen molar-refractivity contribution in [2.24, 2.45) is 0 Å². The molecule has 0 radical (unpaired) electrons. The molecule has 1 aromatic carbocycles. The summed E-state index contributed by atoms with van der Waals surface area (Å²) in [6.07, 6.45) is 0. The molecule has 0 spiro atoms. The molecule has 0 aliphatic rings. The molecule has 0 heterocycles. The fourth-order valence-electron chi connectivity index (χ4n) is 1.04. The summed E-state index contributed by atoms with van der Waals surface area (Å²) in [5.74, 6) is -1.39. The smallest absolute Gasteiger partial charge is 0.258 e. The van der Waals surface area contributed by atoms with E-state index in [0.717, 1.165) is 6.07 Å². The minimum absolute atomic E-state index is 0.128. The number of hydrogen-bond acceptors (Lipinski definition) is 4. The lowest BCUT2D eigenvalue weighted by Crippen LogP contribution is -2.01. The molecule has 0 atom stereocenters. The largest absolute Gasteiger partial charge is 0.315 e. The van der Waals surface area contributed by atoms with Crippen LogP contribution in [0, 0.1) is 26.0 Å². The summed E-state index contributed by atoms with van der Waals surface area (Å²) >= 11 is 1.82. The Balaban J connectivity index is 3.49. The van der Waals surface area contributed by atoms with Crippen molar-refractivity contribution in [1.29, 1.82) is 0 Å². The van der Waals surface area contributed by atoms with Gasteiger partial charge in [0.05, 0.1) is 9.85 Å². The van der Waals surface area contributed by atoms with Crippen molar-refractivity contribution in [3.63, 3.8) is 0 Å². The maximum atomic E-state index is 13.3. The monoisotopic (exact) mass is 326 g/mol. The van der Waals surface area contributed by atoms with Gasteiger partial charge in [-0.3, -0.25) is 20.2 Å². The molecule has 0 fully saturated rings. The second-order valence-corrected chi connectivity index (χ2v) is 3.32. The first kappa shape index (κ1) is 11.8. The molecule has 0 aliphatic heterocycles. The quantitative estimate of drug-likeness (QED) is 0.370. The third kappa shape index (κ3) is 2.19. The van der Waals surface area contributed by atoms with Crippen LogP contribution < -0.4 is 0 Å². The molecule has 0 saturated carbocycles. The lowest BCUT2D eigenvalue weighted by Gasteiger charge is -2.00. The van der Waals surface area contributed by atoms with Gasteiger partial charge in [0.15, 0.2) is 0 Å². The van der Waals surface area contributed by atoms with E-state index in [4.69, 9.17) is 0 Å². The van der Waals surface area contributed by atoms with E-state index in [0.29, 0.717) is 0 Å². The summed E-state index contributed by atoms with van der Waals surface area (Å²) < 4.78 is 13.5. The van der Waals surface area contributed by atoms with Crippen LogP contribution in [0.15, 0.2) is 12.1 Å². The minimum atomic E-state index is -1.39. The van der Waals surface area contributed by atoms with Crippen LogP contribution in [0.1, 0.15) is 5.56 Å². The Bertz CT molecular complexity index is 437. The van der Waals surface area contributed by atoms with Gasteiger partial charge in [0.25, 0.3) is 5.82 Å². The third-order valence-electron chi connectivity index (χ3n) is 1.70. The van der Waals surface area contributed by atoms with Crippen LogP contribution in [-0.2, 0) is 4.43 Å². The molecule has 15 heavy (non-hydrogen) atoms. The first-order chi connectivity index (χ1) is 6.99. The fourth-order valence-corrected chi connectivity index (χ4v) is 1.66. The Morgan fingerprint density at radius 2 is 1.87 bits per heavy atom. The lowest BCUT2D eigenvalue weighted by atomic mass is 10.2. The van der Waals surface area contributed by atoms with E-state index < -0.39 is 27.0 Å². The van der Waals surface area contributed by atoms with Crippen LogP contribution >= 0.6 is 22.6 Å². The highest BCUT2D eigenvalue weighted by atomic mass is 127. The van der Waals surface area contributed by atoms with E-state index in [1.54, 1.807) is 0 Å². The SMILES string of the molecule is O=[N+]([O-])c1ccc(CI)c([N+](=O)[O-])c1F. The summed E-state index contributed by atoms with van der Waals surface area (Å²) in [5.41, 5.74) is -1.57. The average Bonchev–Trinajstić information content (AvgIpc) is 2.15. The maximum Gasteiger partial charge on any atom is 0.315 e. The molecule has 0 N–H and O–H groups in total. The van der Waals surface area contributed by atoms with Crippen molar-refractivity contribution in [3.05, 3.63) is 43.7 Å². The molecular formula is C7H4FIN2O4. The van der Waals surface area contributed by atoms with Crippen LogP contribution in [0.5, 0.6) is 0 Å². The molecule has 1 aromatic rings. The molecule has 1 rings (SSSR count). The van der Waals surface area contributed by atoms with Gasteiger partial charge in [-0.2, -0.15) is 4.39 Å². The first-order valence-electron chi connectivity index (χ1n) is 3.65. The zero-order valence-electron chi connectivity index (χ0n) is 7.15. The Morgan fingerprint density at radius 1 is 1.27 bits per heavy atom. The topological polar surface area (TPSA) is 86.3 Å². The third-order valence-corrected chi connectivity index (χ3v) is 2.52. The second kappa shape index (κ2) is 4.47. The summed E-state index contributed by atoms with van der Waals surface area (Å²) in [7, 11) is 0. The van der Waals surface area contributed by atoms with Crippen LogP contribution in [0.25, 0.3) is 0 Å². The number of nitro groups is 2.